The Morgan fingerprint density at radius 2 is 2.18 bits per heavy atom. The smallest absolute Gasteiger partial charge is 0.325 e. The summed E-state index contributed by atoms with van der Waals surface area (Å²) >= 11 is 0. The van der Waals surface area contributed by atoms with Crippen molar-refractivity contribution >= 4 is 11.8 Å². The van der Waals surface area contributed by atoms with E-state index in [-0.39, 0.29) is 18.4 Å². The summed E-state index contributed by atoms with van der Waals surface area (Å²) < 4.78 is 0. The van der Waals surface area contributed by atoms with Crippen molar-refractivity contribution in [1.29, 1.82) is 0 Å². The fourth-order valence-electron chi connectivity index (χ4n) is 3.30. The maximum absolute atomic E-state index is 12.7. The van der Waals surface area contributed by atoms with Gasteiger partial charge in [0.15, 0.2) is 0 Å². The van der Waals surface area contributed by atoms with Crippen LogP contribution in [0.25, 0.3) is 0 Å². The molecule has 3 rings (SSSR count). The summed E-state index contributed by atoms with van der Waals surface area (Å²) in [5, 5.41) is 2.69. The Labute approximate surface area is 159 Å². The predicted octanol–water partition coefficient (Wildman–Crippen LogP) is -1.73. The van der Waals surface area contributed by atoms with Gasteiger partial charge in [-0.05, 0) is 19.8 Å². The van der Waals surface area contributed by atoms with E-state index in [1.54, 1.807) is 13.1 Å². The Morgan fingerprint density at radius 3 is 2.89 bits per heavy atom. The first kappa shape index (κ1) is 19.5. The first-order valence-corrected chi connectivity index (χ1v) is 9.00. The number of rotatable bonds is 6. The molecule has 0 spiro atoms. The van der Waals surface area contributed by atoms with E-state index in [1.165, 1.54) is 11.2 Å². The monoisotopic (exact) mass is 389 g/mol. The summed E-state index contributed by atoms with van der Waals surface area (Å²) in [7, 11) is 0. The van der Waals surface area contributed by atoms with Crippen molar-refractivity contribution in [2.45, 2.75) is 44.8 Å². The number of imidazole rings is 1. The third-order valence-corrected chi connectivity index (χ3v) is 4.87. The zero-order valence-electron chi connectivity index (χ0n) is 15.4. The summed E-state index contributed by atoms with van der Waals surface area (Å²) in [4.78, 5) is 61.3. The summed E-state index contributed by atoms with van der Waals surface area (Å²) in [6, 6.07) is -1.41. The molecule has 1 fully saturated rings. The van der Waals surface area contributed by atoms with Crippen LogP contribution in [0.1, 0.15) is 29.8 Å². The minimum atomic E-state index is -0.778. The van der Waals surface area contributed by atoms with Gasteiger partial charge in [-0.3, -0.25) is 19.4 Å². The molecule has 28 heavy (non-hydrogen) atoms. The molecule has 2 amide bonds. The molecule has 6 N–H and O–H groups in total. The summed E-state index contributed by atoms with van der Waals surface area (Å²) in [5.41, 5.74) is 6.27. The molecule has 0 aromatic carbocycles. The van der Waals surface area contributed by atoms with E-state index >= 15 is 0 Å². The van der Waals surface area contributed by atoms with Crippen LogP contribution in [0.15, 0.2) is 22.1 Å². The largest absolute Gasteiger partial charge is 0.349 e. The lowest BCUT2D eigenvalue weighted by molar-refractivity contribution is -0.139. The van der Waals surface area contributed by atoms with Gasteiger partial charge in [-0.15, -0.1) is 0 Å². The van der Waals surface area contributed by atoms with Crippen molar-refractivity contribution in [3.63, 3.8) is 0 Å². The van der Waals surface area contributed by atoms with Crippen LogP contribution in [-0.4, -0.2) is 55.3 Å². The van der Waals surface area contributed by atoms with E-state index in [2.05, 4.69) is 25.3 Å². The second-order valence-electron chi connectivity index (χ2n) is 6.81. The molecule has 0 bridgehead atoms. The number of hydrogen-bond donors (Lipinski definition) is 5. The fourth-order valence-corrected chi connectivity index (χ4v) is 3.30. The van der Waals surface area contributed by atoms with Gasteiger partial charge in [-0.25, -0.2) is 9.78 Å². The maximum Gasteiger partial charge on any atom is 0.325 e. The van der Waals surface area contributed by atoms with E-state index in [1.807, 2.05) is 0 Å². The van der Waals surface area contributed by atoms with Crippen LogP contribution in [0.3, 0.4) is 0 Å². The number of H-pyrrole nitrogens is 3. The van der Waals surface area contributed by atoms with Gasteiger partial charge >= 0.3 is 5.69 Å². The molecule has 0 unspecified atom stereocenters. The number of carbonyl (C=O) groups is 2. The topological polar surface area (TPSA) is 170 Å². The number of nitrogens with two attached hydrogens (primary N) is 1. The highest BCUT2D eigenvalue weighted by Gasteiger charge is 2.36. The molecule has 150 valence electrons. The van der Waals surface area contributed by atoms with Crippen LogP contribution in [-0.2, 0) is 22.6 Å². The SMILES string of the molecule is Cc1c(CNC(=O)[C@@H]2CCCN2C(=O)[C@@H](N)Cc2cnc[nH]2)[nH]c(=O)[nH]c1=O. The van der Waals surface area contributed by atoms with Crippen LogP contribution in [0.5, 0.6) is 0 Å². The first-order valence-electron chi connectivity index (χ1n) is 9.00. The number of nitrogens with zero attached hydrogens (tertiary/aromatic N) is 2. The van der Waals surface area contributed by atoms with Crippen molar-refractivity contribution < 1.29 is 9.59 Å². The minimum absolute atomic E-state index is 0.0114. The van der Waals surface area contributed by atoms with Crippen molar-refractivity contribution in [2.24, 2.45) is 5.73 Å². The van der Waals surface area contributed by atoms with Gasteiger partial charge in [-0.2, -0.15) is 0 Å². The minimum Gasteiger partial charge on any atom is -0.349 e. The summed E-state index contributed by atoms with van der Waals surface area (Å²) in [6.45, 7) is 1.99. The fraction of sp³-hybridized carbons (Fsp3) is 0.471. The van der Waals surface area contributed by atoms with E-state index in [0.717, 1.165) is 5.69 Å². The number of aromatic nitrogens is 4. The molecular formula is C17H23N7O4. The van der Waals surface area contributed by atoms with Crippen LogP contribution in [0.2, 0.25) is 0 Å². The number of aromatic amines is 3. The number of amides is 2. The average molecular weight is 389 g/mol. The third-order valence-electron chi connectivity index (χ3n) is 4.87. The van der Waals surface area contributed by atoms with Gasteiger partial charge < -0.3 is 25.9 Å². The highest BCUT2D eigenvalue weighted by atomic mass is 16.2. The lowest BCUT2D eigenvalue weighted by Gasteiger charge is -2.26. The average Bonchev–Trinajstić information content (AvgIpc) is 3.34. The maximum atomic E-state index is 12.7. The molecule has 1 aliphatic rings. The van der Waals surface area contributed by atoms with Crippen LogP contribution in [0.4, 0.5) is 0 Å². The second-order valence-corrected chi connectivity index (χ2v) is 6.81. The molecule has 2 aromatic rings. The van der Waals surface area contributed by atoms with E-state index in [4.69, 9.17) is 5.73 Å². The van der Waals surface area contributed by atoms with Gasteiger partial charge in [0.1, 0.15) is 6.04 Å². The van der Waals surface area contributed by atoms with Crippen molar-refractivity contribution in [3.05, 3.63) is 50.3 Å². The lowest BCUT2D eigenvalue weighted by Crippen LogP contribution is -2.51. The van der Waals surface area contributed by atoms with Crippen LogP contribution < -0.4 is 22.3 Å². The zero-order chi connectivity index (χ0) is 20.3. The van der Waals surface area contributed by atoms with Crippen molar-refractivity contribution in [2.75, 3.05) is 6.54 Å². The molecule has 1 aliphatic heterocycles. The molecular weight excluding hydrogens is 366 g/mol. The van der Waals surface area contributed by atoms with Crippen LogP contribution >= 0.6 is 0 Å². The molecule has 0 radical (unpaired) electrons. The Balaban J connectivity index is 1.63. The van der Waals surface area contributed by atoms with Gasteiger partial charge in [0.2, 0.25) is 11.8 Å². The number of hydrogen-bond acceptors (Lipinski definition) is 6. The van der Waals surface area contributed by atoms with E-state index in [0.29, 0.717) is 37.1 Å². The van der Waals surface area contributed by atoms with Crippen molar-refractivity contribution in [1.82, 2.24) is 30.2 Å². The highest BCUT2D eigenvalue weighted by molar-refractivity contribution is 5.90. The Morgan fingerprint density at radius 1 is 1.39 bits per heavy atom. The number of nitrogens with one attached hydrogen (secondary N) is 4. The van der Waals surface area contributed by atoms with Gasteiger partial charge in [-0.1, -0.05) is 0 Å². The normalized spacial score (nSPS) is 17.5. The molecule has 11 heteroatoms. The zero-order valence-corrected chi connectivity index (χ0v) is 15.4. The molecule has 2 aromatic heterocycles. The Bertz CT molecular complexity index is 963. The number of likely N-dealkylation sites (tertiary alicyclic amines) is 1. The van der Waals surface area contributed by atoms with Gasteiger partial charge in [0.25, 0.3) is 5.56 Å². The third kappa shape index (κ3) is 4.19. The highest BCUT2D eigenvalue weighted by Crippen LogP contribution is 2.19. The second kappa shape index (κ2) is 8.21. The van der Waals surface area contributed by atoms with Crippen molar-refractivity contribution in [3.8, 4) is 0 Å². The van der Waals surface area contributed by atoms with Crippen LogP contribution in [0, 0.1) is 6.92 Å². The molecule has 0 aliphatic carbocycles. The molecule has 11 nitrogen and oxygen atoms in total. The number of carbonyl (C=O) groups excluding carboxylic acids is 2. The molecule has 1 saturated heterocycles. The quantitative estimate of drug-likeness (QED) is 0.393. The standard InChI is InChI=1S/C17H23N7O4/c1-9-12(22-17(28)23-14(9)25)7-20-15(26)13-3-2-4-24(13)16(27)11(18)5-10-6-19-8-21-10/h6,8,11,13H,2-5,7,18H2,1H3,(H,19,21)(H,20,26)(H2,22,23,25,28)/t11-,13-/m0/s1. The van der Waals surface area contributed by atoms with E-state index < -0.39 is 23.3 Å². The first-order chi connectivity index (χ1) is 13.4. The van der Waals surface area contributed by atoms with Gasteiger partial charge in [0.05, 0.1) is 18.9 Å². The predicted molar refractivity (Wildman–Crippen MR) is 99.3 cm³/mol. The molecule has 3 heterocycles. The van der Waals surface area contributed by atoms with Gasteiger partial charge in [0, 0.05) is 36.1 Å². The van der Waals surface area contributed by atoms with E-state index in [9.17, 15) is 19.2 Å². The Hall–Kier alpha value is -3.21. The summed E-state index contributed by atoms with van der Waals surface area (Å²) in [6.07, 6.45) is 4.64. The molecule has 0 saturated carbocycles. The Kier molecular flexibility index (Phi) is 5.73. The lowest BCUT2D eigenvalue weighted by atomic mass is 10.1. The summed E-state index contributed by atoms with van der Waals surface area (Å²) in [5.74, 6) is -0.645. The molecule has 2 atom stereocenters.